The molecule has 1 N–H and O–H groups in total. The van der Waals surface area contributed by atoms with Crippen molar-refractivity contribution in [2.45, 2.75) is 12.5 Å². The second kappa shape index (κ2) is 6.16. The van der Waals surface area contributed by atoms with Crippen molar-refractivity contribution < 1.29 is 4.39 Å². The minimum Gasteiger partial charge on any atom is -0.369 e. The summed E-state index contributed by atoms with van der Waals surface area (Å²) in [6, 6.07) is 7.43. The number of anilines is 1. The number of piperazine rings is 1. The van der Waals surface area contributed by atoms with Crippen LogP contribution in [0.1, 0.15) is 6.42 Å². The van der Waals surface area contributed by atoms with Crippen LogP contribution in [-0.4, -0.2) is 51.2 Å². The zero-order chi connectivity index (χ0) is 13.0. The molecule has 0 bridgehead atoms. The molecule has 3 nitrogen and oxygen atoms in total. The van der Waals surface area contributed by atoms with Crippen LogP contribution >= 0.6 is 0 Å². The molecule has 0 aromatic heterocycles. The molecule has 0 aliphatic carbocycles. The van der Waals surface area contributed by atoms with E-state index < -0.39 is 0 Å². The SMILES string of the molecule is CNCCC1CN(c2cccc(F)c2)CCN1C. The summed E-state index contributed by atoms with van der Waals surface area (Å²) in [5.74, 6) is -0.154. The number of rotatable bonds is 4. The van der Waals surface area contributed by atoms with Crippen molar-refractivity contribution in [2.24, 2.45) is 0 Å². The zero-order valence-corrected chi connectivity index (χ0v) is 11.2. The summed E-state index contributed by atoms with van der Waals surface area (Å²) in [5, 5.41) is 3.19. The van der Waals surface area contributed by atoms with E-state index in [0.29, 0.717) is 6.04 Å². The maximum Gasteiger partial charge on any atom is 0.125 e. The van der Waals surface area contributed by atoms with Crippen molar-refractivity contribution in [3.63, 3.8) is 0 Å². The van der Waals surface area contributed by atoms with Crippen molar-refractivity contribution in [3.05, 3.63) is 30.1 Å². The molecule has 0 amide bonds. The molecule has 1 fully saturated rings. The molecule has 1 unspecified atom stereocenters. The Kier molecular flexibility index (Phi) is 4.55. The van der Waals surface area contributed by atoms with E-state index in [-0.39, 0.29) is 5.82 Å². The van der Waals surface area contributed by atoms with E-state index in [9.17, 15) is 4.39 Å². The van der Waals surface area contributed by atoms with Crippen molar-refractivity contribution in [2.75, 3.05) is 45.2 Å². The molecule has 1 aliphatic heterocycles. The van der Waals surface area contributed by atoms with Gasteiger partial charge in [0.2, 0.25) is 0 Å². The molecule has 1 saturated heterocycles. The molecule has 1 aliphatic rings. The van der Waals surface area contributed by atoms with Crippen molar-refractivity contribution in [1.29, 1.82) is 0 Å². The highest BCUT2D eigenvalue weighted by Gasteiger charge is 2.23. The fraction of sp³-hybridized carbons (Fsp3) is 0.571. The molecule has 2 rings (SSSR count). The van der Waals surface area contributed by atoms with Gasteiger partial charge < -0.3 is 10.2 Å². The van der Waals surface area contributed by atoms with Gasteiger partial charge in [-0.1, -0.05) is 6.07 Å². The van der Waals surface area contributed by atoms with Gasteiger partial charge in [0.1, 0.15) is 5.82 Å². The largest absolute Gasteiger partial charge is 0.369 e. The molecule has 0 radical (unpaired) electrons. The number of halogens is 1. The van der Waals surface area contributed by atoms with Crippen LogP contribution in [0.5, 0.6) is 0 Å². The lowest BCUT2D eigenvalue weighted by molar-refractivity contribution is 0.208. The van der Waals surface area contributed by atoms with Gasteiger partial charge in [-0.25, -0.2) is 4.39 Å². The fourth-order valence-corrected chi connectivity index (χ4v) is 2.48. The molecule has 1 heterocycles. The normalized spacial score (nSPS) is 21.3. The third kappa shape index (κ3) is 3.21. The first-order valence-corrected chi connectivity index (χ1v) is 6.56. The maximum atomic E-state index is 13.3. The monoisotopic (exact) mass is 251 g/mol. The predicted molar refractivity (Wildman–Crippen MR) is 73.6 cm³/mol. The number of hydrogen-bond donors (Lipinski definition) is 1. The van der Waals surface area contributed by atoms with E-state index in [2.05, 4.69) is 22.2 Å². The number of benzene rings is 1. The molecule has 1 aromatic rings. The van der Waals surface area contributed by atoms with Crippen LogP contribution in [0.3, 0.4) is 0 Å². The van der Waals surface area contributed by atoms with E-state index in [1.54, 1.807) is 12.1 Å². The molecule has 100 valence electrons. The summed E-state index contributed by atoms with van der Waals surface area (Å²) in [5.41, 5.74) is 0.998. The highest BCUT2D eigenvalue weighted by atomic mass is 19.1. The average molecular weight is 251 g/mol. The maximum absolute atomic E-state index is 13.3. The quantitative estimate of drug-likeness (QED) is 0.876. The topological polar surface area (TPSA) is 18.5 Å². The molecule has 0 spiro atoms. The Morgan fingerprint density at radius 3 is 2.94 bits per heavy atom. The molecule has 4 heteroatoms. The summed E-state index contributed by atoms with van der Waals surface area (Å²) < 4.78 is 13.3. The van der Waals surface area contributed by atoms with Crippen LogP contribution in [0.25, 0.3) is 0 Å². The van der Waals surface area contributed by atoms with Crippen LogP contribution in [0.15, 0.2) is 24.3 Å². The molecule has 1 aromatic carbocycles. The molecular formula is C14H22FN3. The minimum atomic E-state index is -0.154. The van der Waals surface area contributed by atoms with Crippen molar-refractivity contribution in [1.82, 2.24) is 10.2 Å². The lowest BCUT2D eigenvalue weighted by atomic mass is 10.1. The van der Waals surface area contributed by atoms with Crippen LogP contribution in [-0.2, 0) is 0 Å². The Bertz CT molecular complexity index is 383. The number of likely N-dealkylation sites (N-methyl/N-ethyl adjacent to an activating group) is 1. The molecule has 1 atom stereocenters. The van der Waals surface area contributed by atoms with Crippen LogP contribution in [0.2, 0.25) is 0 Å². The van der Waals surface area contributed by atoms with E-state index in [1.807, 2.05) is 13.1 Å². The van der Waals surface area contributed by atoms with Gasteiger partial charge in [-0.15, -0.1) is 0 Å². The Labute approximate surface area is 109 Å². The van der Waals surface area contributed by atoms with E-state index in [1.165, 1.54) is 6.07 Å². The van der Waals surface area contributed by atoms with E-state index in [0.717, 1.165) is 38.3 Å². The Balaban J connectivity index is 2.02. The van der Waals surface area contributed by atoms with Gasteiger partial charge in [0.15, 0.2) is 0 Å². The third-order valence-corrected chi connectivity index (χ3v) is 3.68. The van der Waals surface area contributed by atoms with Gasteiger partial charge in [-0.05, 0) is 45.3 Å². The van der Waals surface area contributed by atoms with E-state index in [4.69, 9.17) is 0 Å². The summed E-state index contributed by atoms with van der Waals surface area (Å²) in [6.07, 6.45) is 1.12. The van der Waals surface area contributed by atoms with Gasteiger partial charge in [0.05, 0.1) is 0 Å². The standard InChI is InChI=1S/C14H22FN3/c1-16-7-6-14-11-18(9-8-17(14)2)13-5-3-4-12(15)10-13/h3-5,10,14,16H,6-9,11H2,1-2H3. The predicted octanol–water partition coefficient (Wildman–Crippen LogP) is 1.56. The minimum absolute atomic E-state index is 0.154. The summed E-state index contributed by atoms with van der Waals surface area (Å²) in [7, 11) is 4.15. The highest BCUT2D eigenvalue weighted by Crippen LogP contribution is 2.20. The van der Waals surface area contributed by atoms with Crippen LogP contribution in [0, 0.1) is 5.82 Å². The van der Waals surface area contributed by atoms with Crippen LogP contribution < -0.4 is 10.2 Å². The van der Waals surface area contributed by atoms with Gasteiger partial charge in [-0.2, -0.15) is 0 Å². The third-order valence-electron chi connectivity index (χ3n) is 3.68. The number of nitrogens with zero attached hydrogens (tertiary/aromatic N) is 2. The Hall–Kier alpha value is -1.13. The lowest BCUT2D eigenvalue weighted by Gasteiger charge is -2.40. The Morgan fingerprint density at radius 1 is 1.39 bits per heavy atom. The first-order valence-electron chi connectivity index (χ1n) is 6.56. The molecule has 0 saturated carbocycles. The summed E-state index contributed by atoms with van der Waals surface area (Å²) >= 11 is 0. The average Bonchev–Trinajstić information content (AvgIpc) is 2.38. The fourth-order valence-electron chi connectivity index (χ4n) is 2.48. The van der Waals surface area contributed by atoms with E-state index >= 15 is 0 Å². The first-order chi connectivity index (χ1) is 8.70. The lowest BCUT2D eigenvalue weighted by Crippen LogP contribution is -2.52. The zero-order valence-electron chi connectivity index (χ0n) is 11.2. The smallest absolute Gasteiger partial charge is 0.125 e. The Morgan fingerprint density at radius 2 is 2.22 bits per heavy atom. The molecule has 18 heavy (non-hydrogen) atoms. The number of nitrogens with one attached hydrogen (secondary N) is 1. The summed E-state index contributed by atoms with van der Waals surface area (Å²) in [4.78, 5) is 4.68. The van der Waals surface area contributed by atoms with Gasteiger partial charge in [0.25, 0.3) is 0 Å². The van der Waals surface area contributed by atoms with Crippen LogP contribution in [0.4, 0.5) is 10.1 Å². The van der Waals surface area contributed by atoms with Gasteiger partial charge in [-0.3, -0.25) is 4.90 Å². The second-order valence-corrected chi connectivity index (χ2v) is 4.95. The number of hydrogen-bond acceptors (Lipinski definition) is 3. The molecular weight excluding hydrogens is 229 g/mol. The highest BCUT2D eigenvalue weighted by molar-refractivity contribution is 5.47. The second-order valence-electron chi connectivity index (χ2n) is 4.95. The summed E-state index contributed by atoms with van der Waals surface area (Å²) in [6.45, 7) is 3.99. The van der Waals surface area contributed by atoms with Crippen molar-refractivity contribution in [3.8, 4) is 0 Å². The van der Waals surface area contributed by atoms with Crippen molar-refractivity contribution >= 4 is 5.69 Å². The van der Waals surface area contributed by atoms with Gasteiger partial charge in [0, 0.05) is 31.4 Å². The van der Waals surface area contributed by atoms with Gasteiger partial charge >= 0.3 is 0 Å². The first kappa shape index (κ1) is 13.3.